The number of rotatable bonds is 5. The second kappa shape index (κ2) is 6.23. The van der Waals surface area contributed by atoms with Crippen LogP contribution in [0.1, 0.15) is 28.7 Å². The second-order valence-electron chi connectivity index (χ2n) is 4.37. The van der Waals surface area contributed by atoms with Crippen LogP contribution in [0.25, 0.3) is 0 Å². The minimum Gasteiger partial charge on any atom is -0.481 e. The number of aryl methyl sites for hydroxylation is 1. The first-order valence-electron chi connectivity index (χ1n) is 6.48. The fourth-order valence-corrected chi connectivity index (χ4v) is 2.03. The highest BCUT2D eigenvalue weighted by Crippen LogP contribution is 2.15. The third-order valence-electron chi connectivity index (χ3n) is 2.96. The third kappa shape index (κ3) is 2.99. The van der Waals surface area contributed by atoms with Crippen molar-refractivity contribution < 1.29 is 14.3 Å². The molecule has 0 aliphatic carbocycles. The predicted molar refractivity (Wildman–Crippen MR) is 75.0 cm³/mol. The maximum absolute atomic E-state index is 12.0. The number of esters is 1. The Labute approximate surface area is 118 Å². The van der Waals surface area contributed by atoms with Gasteiger partial charge in [-0.3, -0.25) is 0 Å². The summed E-state index contributed by atoms with van der Waals surface area (Å²) in [4.78, 5) is 16.3. The molecule has 0 radical (unpaired) electrons. The molecule has 20 heavy (non-hydrogen) atoms. The van der Waals surface area contributed by atoms with Crippen molar-refractivity contribution >= 4 is 5.97 Å². The van der Waals surface area contributed by atoms with Crippen molar-refractivity contribution in [1.29, 1.82) is 0 Å². The normalized spacial score (nSPS) is 10.3. The molecule has 0 saturated heterocycles. The molecule has 0 aliphatic heterocycles. The van der Waals surface area contributed by atoms with Crippen LogP contribution in [0.3, 0.4) is 0 Å². The van der Waals surface area contributed by atoms with Crippen LogP contribution in [0.4, 0.5) is 0 Å². The summed E-state index contributed by atoms with van der Waals surface area (Å²) in [6.45, 7) is 4.55. The average molecular weight is 274 g/mol. The topological polar surface area (TPSA) is 53.4 Å². The SMILES string of the molecule is CCOC(=O)c1c(C)ccn1Cc1cccc(OC)n1. The van der Waals surface area contributed by atoms with Crippen molar-refractivity contribution in [1.82, 2.24) is 9.55 Å². The van der Waals surface area contributed by atoms with Gasteiger partial charge in [0.1, 0.15) is 5.69 Å². The predicted octanol–water partition coefficient (Wildman–Crippen LogP) is 2.43. The first kappa shape index (κ1) is 14.1. The number of nitrogens with zero attached hydrogens (tertiary/aromatic N) is 2. The van der Waals surface area contributed by atoms with Crippen LogP contribution in [0, 0.1) is 6.92 Å². The molecule has 0 aliphatic rings. The molecular formula is C15H18N2O3. The number of aromatic nitrogens is 2. The van der Waals surface area contributed by atoms with E-state index in [9.17, 15) is 4.79 Å². The lowest BCUT2D eigenvalue weighted by Crippen LogP contribution is -2.14. The standard InChI is InChI=1S/C15H18N2O3/c1-4-20-15(18)14-11(2)8-9-17(14)10-12-6-5-7-13(16-12)19-3/h5-9H,4,10H2,1-3H3. The molecule has 0 saturated carbocycles. The molecular weight excluding hydrogens is 256 g/mol. The number of methoxy groups -OCH3 is 1. The third-order valence-corrected chi connectivity index (χ3v) is 2.96. The van der Waals surface area contributed by atoms with Crippen LogP contribution in [0.2, 0.25) is 0 Å². The Morgan fingerprint density at radius 3 is 2.85 bits per heavy atom. The van der Waals surface area contributed by atoms with Gasteiger partial charge in [0.25, 0.3) is 0 Å². The number of ether oxygens (including phenoxy) is 2. The summed E-state index contributed by atoms with van der Waals surface area (Å²) in [6, 6.07) is 7.46. The molecule has 0 spiro atoms. The van der Waals surface area contributed by atoms with Gasteiger partial charge in [-0.15, -0.1) is 0 Å². The van der Waals surface area contributed by atoms with Crippen LogP contribution < -0.4 is 4.74 Å². The fraction of sp³-hybridized carbons (Fsp3) is 0.333. The molecule has 0 aromatic carbocycles. The summed E-state index contributed by atoms with van der Waals surface area (Å²) in [7, 11) is 1.58. The van der Waals surface area contributed by atoms with Gasteiger partial charge in [-0.1, -0.05) is 6.07 Å². The summed E-state index contributed by atoms with van der Waals surface area (Å²) in [5, 5.41) is 0. The molecule has 2 aromatic heterocycles. The fourth-order valence-electron chi connectivity index (χ4n) is 2.03. The molecule has 5 heteroatoms. The summed E-state index contributed by atoms with van der Waals surface area (Å²) < 4.78 is 12.0. The van der Waals surface area contributed by atoms with E-state index in [1.54, 1.807) is 20.1 Å². The van der Waals surface area contributed by atoms with E-state index in [-0.39, 0.29) is 5.97 Å². The quantitative estimate of drug-likeness (QED) is 0.786. The van der Waals surface area contributed by atoms with Gasteiger partial charge in [0.2, 0.25) is 5.88 Å². The Bertz CT molecular complexity index is 605. The van der Waals surface area contributed by atoms with E-state index in [2.05, 4.69) is 4.98 Å². The van der Waals surface area contributed by atoms with E-state index >= 15 is 0 Å². The van der Waals surface area contributed by atoms with Crippen LogP contribution in [-0.4, -0.2) is 29.2 Å². The number of hydrogen-bond acceptors (Lipinski definition) is 4. The Hall–Kier alpha value is -2.30. The number of carbonyl (C=O) groups is 1. The van der Waals surface area contributed by atoms with Crippen molar-refractivity contribution in [3.05, 3.63) is 47.4 Å². The zero-order valence-electron chi connectivity index (χ0n) is 11.9. The highest BCUT2D eigenvalue weighted by atomic mass is 16.5. The van der Waals surface area contributed by atoms with E-state index in [0.29, 0.717) is 24.7 Å². The zero-order chi connectivity index (χ0) is 14.5. The lowest BCUT2D eigenvalue weighted by molar-refractivity contribution is 0.0513. The van der Waals surface area contributed by atoms with Gasteiger partial charge in [0, 0.05) is 12.3 Å². The Kier molecular flexibility index (Phi) is 4.40. The molecule has 0 fully saturated rings. The first-order valence-corrected chi connectivity index (χ1v) is 6.48. The van der Waals surface area contributed by atoms with Gasteiger partial charge in [-0.05, 0) is 31.5 Å². The molecule has 2 heterocycles. The molecule has 5 nitrogen and oxygen atoms in total. The molecule has 0 amide bonds. The number of pyridine rings is 1. The van der Waals surface area contributed by atoms with E-state index in [1.165, 1.54) is 0 Å². The molecule has 106 valence electrons. The van der Waals surface area contributed by atoms with Gasteiger partial charge in [0.15, 0.2) is 0 Å². The largest absolute Gasteiger partial charge is 0.481 e. The molecule has 0 bridgehead atoms. The van der Waals surface area contributed by atoms with Crippen molar-refractivity contribution in [2.24, 2.45) is 0 Å². The van der Waals surface area contributed by atoms with Crippen LogP contribution in [0.5, 0.6) is 5.88 Å². The smallest absolute Gasteiger partial charge is 0.355 e. The van der Waals surface area contributed by atoms with E-state index < -0.39 is 0 Å². The van der Waals surface area contributed by atoms with E-state index in [0.717, 1.165) is 11.3 Å². The summed E-state index contributed by atoms with van der Waals surface area (Å²) in [5.74, 6) is 0.252. The molecule has 2 rings (SSSR count). The second-order valence-corrected chi connectivity index (χ2v) is 4.37. The lowest BCUT2D eigenvalue weighted by Gasteiger charge is -2.10. The number of carbonyl (C=O) groups excluding carboxylic acids is 1. The molecule has 0 atom stereocenters. The van der Waals surface area contributed by atoms with Crippen LogP contribution >= 0.6 is 0 Å². The summed E-state index contributed by atoms with van der Waals surface area (Å²) in [5.41, 5.74) is 2.29. The van der Waals surface area contributed by atoms with Gasteiger partial charge in [-0.25, -0.2) is 9.78 Å². The molecule has 0 unspecified atom stereocenters. The van der Waals surface area contributed by atoms with Crippen molar-refractivity contribution in [2.75, 3.05) is 13.7 Å². The molecule has 0 N–H and O–H groups in total. The Morgan fingerprint density at radius 1 is 1.35 bits per heavy atom. The Balaban J connectivity index is 2.27. The van der Waals surface area contributed by atoms with E-state index in [4.69, 9.17) is 9.47 Å². The van der Waals surface area contributed by atoms with Gasteiger partial charge in [0.05, 0.1) is 26.0 Å². The zero-order valence-corrected chi connectivity index (χ0v) is 11.9. The average Bonchev–Trinajstić information content (AvgIpc) is 2.80. The lowest BCUT2D eigenvalue weighted by atomic mass is 10.2. The highest BCUT2D eigenvalue weighted by molar-refractivity contribution is 5.89. The number of hydrogen-bond donors (Lipinski definition) is 0. The minimum atomic E-state index is -0.308. The summed E-state index contributed by atoms with van der Waals surface area (Å²) >= 11 is 0. The van der Waals surface area contributed by atoms with Crippen molar-refractivity contribution in [3.63, 3.8) is 0 Å². The van der Waals surface area contributed by atoms with Crippen LogP contribution in [-0.2, 0) is 11.3 Å². The van der Waals surface area contributed by atoms with Gasteiger partial charge >= 0.3 is 5.97 Å². The van der Waals surface area contributed by atoms with Crippen molar-refractivity contribution in [3.8, 4) is 5.88 Å². The van der Waals surface area contributed by atoms with Gasteiger partial charge in [-0.2, -0.15) is 0 Å². The maximum atomic E-state index is 12.0. The van der Waals surface area contributed by atoms with Crippen molar-refractivity contribution in [2.45, 2.75) is 20.4 Å². The van der Waals surface area contributed by atoms with Crippen LogP contribution in [0.15, 0.2) is 30.5 Å². The van der Waals surface area contributed by atoms with E-state index in [1.807, 2.05) is 35.9 Å². The highest BCUT2D eigenvalue weighted by Gasteiger charge is 2.16. The maximum Gasteiger partial charge on any atom is 0.355 e. The minimum absolute atomic E-state index is 0.308. The Morgan fingerprint density at radius 2 is 2.15 bits per heavy atom. The van der Waals surface area contributed by atoms with Gasteiger partial charge < -0.3 is 14.0 Å². The molecule has 2 aromatic rings. The monoisotopic (exact) mass is 274 g/mol. The summed E-state index contributed by atoms with van der Waals surface area (Å²) in [6.07, 6.45) is 1.86. The first-order chi connectivity index (χ1) is 9.65.